The number of carboxylic acids is 1. The van der Waals surface area contributed by atoms with E-state index in [-0.39, 0.29) is 6.42 Å². The quantitative estimate of drug-likeness (QED) is 0.911. The molecular formula is C13H10Cl2N2O2. The van der Waals surface area contributed by atoms with Crippen LogP contribution in [0, 0.1) is 0 Å². The molecule has 0 radical (unpaired) electrons. The maximum atomic E-state index is 10.8. The number of nitrogens with zero attached hydrogens (tertiary/aromatic N) is 1. The molecule has 2 aromatic rings. The molecule has 0 bridgehead atoms. The SMILES string of the molecule is Nc1c(CC(=O)O)ccnc1-c1cccc(Cl)c1Cl. The molecule has 0 atom stereocenters. The van der Waals surface area contributed by atoms with Crippen LogP contribution in [0.3, 0.4) is 0 Å². The molecule has 0 aliphatic carbocycles. The summed E-state index contributed by atoms with van der Waals surface area (Å²) in [6.07, 6.45) is 1.33. The number of nitrogen functional groups attached to an aromatic ring is 1. The van der Waals surface area contributed by atoms with Crippen LogP contribution in [0.5, 0.6) is 0 Å². The zero-order valence-electron chi connectivity index (χ0n) is 9.73. The van der Waals surface area contributed by atoms with E-state index in [0.717, 1.165) is 0 Å². The molecule has 0 aliphatic heterocycles. The van der Waals surface area contributed by atoms with E-state index in [1.807, 2.05) is 0 Å². The third kappa shape index (κ3) is 2.80. The van der Waals surface area contributed by atoms with Crippen molar-refractivity contribution in [3.05, 3.63) is 46.1 Å². The number of rotatable bonds is 3. The highest BCUT2D eigenvalue weighted by atomic mass is 35.5. The number of carbonyl (C=O) groups is 1. The number of aliphatic carboxylic acids is 1. The lowest BCUT2D eigenvalue weighted by molar-refractivity contribution is -0.136. The minimum absolute atomic E-state index is 0.167. The Morgan fingerprint density at radius 3 is 2.74 bits per heavy atom. The molecule has 3 N–H and O–H groups in total. The Kier molecular flexibility index (Phi) is 3.93. The number of hydrogen-bond acceptors (Lipinski definition) is 3. The zero-order valence-corrected chi connectivity index (χ0v) is 11.2. The Bertz CT molecular complexity index is 645. The molecule has 0 unspecified atom stereocenters. The molecule has 6 heteroatoms. The molecular weight excluding hydrogens is 287 g/mol. The van der Waals surface area contributed by atoms with Crippen molar-refractivity contribution in [3.63, 3.8) is 0 Å². The summed E-state index contributed by atoms with van der Waals surface area (Å²) in [5.41, 5.74) is 7.77. The molecule has 0 saturated heterocycles. The normalized spacial score (nSPS) is 10.4. The van der Waals surface area contributed by atoms with Gasteiger partial charge in [-0.1, -0.05) is 35.3 Å². The molecule has 2 rings (SSSR count). The van der Waals surface area contributed by atoms with Gasteiger partial charge in [-0.3, -0.25) is 9.78 Å². The van der Waals surface area contributed by atoms with Crippen LogP contribution in [0.4, 0.5) is 5.69 Å². The maximum Gasteiger partial charge on any atom is 0.307 e. The van der Waals surface area contributed by atoms with Gasteiger partial charge in [0.2, 0.25) is 0 Å². The standard InChI is InChI=1S/C13H10Cl2N2O2/c14-9-3-1-2-8(11(9)15)13-12(16)7(4-5-17-13)6-10(18)19/h1-5H,6,16H2,(H,18,19). The number of halogens is 2. The molecule has 0 fully saturated rings. The van der Waals surface area contributed by atoms with E-state index in [0.29, 0.717) is 32.6 Å². The smallest absolute Gasteiger partial charge is 0.307 e. The summed E-state index contributed by atoms with van der Waals surface area (Å²) in [5, 5.41) is 9.56. The van der Waals surface area contributed by atoms with Gasteiger partial charge in [0.15, 0.2) is 0 Å². The topological polar surface area (TPSA) is 76.2 Å². The summed E-state index contributed by atoms with van der Waals surface area (Å²) < 4.78 is 0. The number of carboxylic acid groups (broad SMARTS) is 1. The lowest BCUT2D eigenvalue weighted by Crippen LogP contribution is -2.05. The van der Waals surface area contributed by atoms with Crippen LogP contribution >= 0.6 is 23.2 Å². The fraction of sp³-hybridized carbons (Fsp3) is 0.0769. The number of aromatic nitrogens is 1. The lowest BCUT2D eigenvalue weighted by atomic mass is 10.0. The number of nitrogens with two attached hydrogens (primary N) is 1. The van der Waals surface area contributed by atoms with E-state index in [9.17, 15) is 4.79 Å². The van der Waals surface area contributed by atoms with E-state index < -0.39 is 5.97 Å². The Morgan fingerprint density at radius 1 is 1.32 bits per heavy atom. The Hall–Kier alpha value is -1.78. The minimum atomic E-state index is -0.957. The van der Waals surface area contributed by atoms with Crippen LogP contribution in [0.1, 0.15) is 5.56 Å². The fourth-order valence-electron chi connectivity index (χ4n) is 1.73. The number of anilines is 1. The van der Waals surface area contributed by atoms with Crippen molar-refractivity contribution < 1.29 is 9.90 Å². The molecule has 0 saturated carbocycles. The van der Waals surface area contributed by atoms with Crippen LogP contribution < -0.4 is 5.73 Å². The zero-order chi connectivity index (χ0) is 14.0. The highest BCUT2D eigenvalue weighted by Crippen LogP contribution is 2.35. The van der Waals surface area contributed by atoms with E-state index in [1.54, 1.807) is 24.3 Å². The van der Waals surface area contributed by atoms with Gasteiger partial charge < -0.3 is 10.8 Å². The summed E-state index contributed by atoms with van der Waals surface area (Å²) in [6.45, 7) is 0. The third-order valence-electron chi connectivity index (χ3n) is 2.63. The van der Waals surface area contributed by atoms with E-state index in [4.69, 9.17) is 34.0 Å². The van der Waals surface area contributed by atoms with Crippen molar-refractivity contribution >= 4 is 34.9 Å². The Balaban J connectivity index is 2.57. The first-order valence-corrected chi connectivity index (χ1v) is 6.16. The molecule has 1 aromatic carbocycles. The number of hydrogen-bond donors (Lipinski definition) is 2. The van der Waals surface area contributed by atoms with Gasteiger partial charge in [-0.05, 0) is 17.7 Å². The van der Waals surface area contributed by atoms with Crippen LogP contribution in [0.25, 0.3) is 11.3 Å². The second-order valence-electron chi connectivity index (χ2n) is 3.90. The van der Waals surface area contributed by atoms with Gasteiger partial charge in [0.05, 0.1) is 27.8 Å². The predicted molar refractivity (Wildman–Crippen MR) is 75.4 cm³/mol. The molecule has 1 heterocycles. The van der Waals surface area contributed by atoms with Gasteiger partial charge in [-0.15, -0.1) is 0 Å². The van der Waals surface area contributed by atoms with Gasteiger partial charge in [0.1, 0.15) is 0 Å². The summed E-state index contributed by atoms with van der Waals surface area (Å²) in [7, 11) is 0. The highest BCUT2D eigenvalue weighted by molar-refractivity contribution is 6.43. The first-order chi connectivity index (χ1) is 9.00. The number of pyridine rings is 1. The molecule has 0 spiro atoms. The Labute approximate surface area is 119 Å². The van der Waals surface area contributed by atoms with Crippen molar-refractivity contribution in [1.82, 2.24) is 4.98 Å². The third-order valence-corrected chi connectivity index (χ3v) is 3.45. The lowest BCUT2D eigenvalue weighted by Gasteiger charge is -2.10. The van der Waals surface area contributed by atoms with Crippen molar-refractivity contribution in [2.45, 2.75) is 6.42 Å². The van der Waals surface area contributed by atoms with Gasteiger partial charge in [0, 0.05) is 11.8 Å². The summed E-state index contributed by atoms with van der Waals surface area (Å²) in [5.74, 6) is -0.957. The minimum Gasteiger partial charge on any atom is -0.481 e. The maximum absolute atomic E-state index is 10.8. The monoisotopic (exact) mass is 296 g/mol. The largest absolute Gasteiger partial charge is 0.481 e. The van der Waals surface area contributed by atoms with Gasteiger partial charge in [-0.25, -0.2) is 0 Å². The molecule has 19 heavy (non-hydrogen) atoms. The van der Waals surface area contributed by atoms with Crippen molar-refractivity contribution in [2.24, 2.45) is 0 Å². The highest BCUT2D eigenvalue weighted by Gasteiger charge is 2.14. The van der Waals surface area contributed by atoms with Gasteiger partial charge in [0.25, 0.3) is 0 Å². The molecule has 1 aromatic heterocycles. The molecule has 0 amide bonds. The summed E-state index contributed by atoms with van der Waals surface area (Å²) in [6, 6.07) is 6.70. The molecule has 0 aliphatic rings. The van der Waals surface area contributed by atoms with Crippen molar-refractivity contribution in [3.8, 4) is 11.3 Å². The van der Waals surface area contributed by atoms with Crippen LogP contribution in [0.2, 0.25) is 10.0 Å². The predicted octanol–water partition coefficient (Wildman–Crippen LogP) is 3.26. The first-order valence-electron chi connectivity index (χ1n) is 5.40. The summed E-state index contributed by atoms with van der Waals surface area (Å²) >= 11 is 12.1. The fourth-order valence-corrected chi connectivity index (χ4v) is 2.12. The van der Waals surface area contributed by atoms with E-state index in [2.05, 4.69) is 4.98 Å². The number of benzene rings is 1. The average Bonchev–Trinajstić information content (AvgIpc) is 2.35. The Morgan fingerprint density at radius 2 is 2.05 bits per heavy atom. The van der Waals surface area contributed by atoms with Crippen LogP contribution in [0.15, 0.2) is 30.5 Å². The van der Waals surface area contributed by atoms with Gasteiger partial charge >= 0.3 is 5.97 Å². The van der Waals surface area contributed by atoms with Crippen molar-refractivity contribution in [2.75, 3.05) is 5.73 Å². The molecule has 98 valence electrons. The van der Waals surface area contributed by atoms with Crippen LogP contribution in [-0.4, -0.2) is 16.1 Å². The second-order valence-corrected chi connectivity index (χ2v) is 4.69. The first kappa shape index (κ1) is 13.6. The van der Waals surface area contributed by atoms with E-state index in [1.165, 1.54) is 6.20 Å². The molecule has 4 nitrogen and oxygen atoms in total. The van der Waals surface area contributed by atoms with E-state index >= 15 is 0 Å². The second kappa shape index (κ2) is 5.47. The summed E-state index contributed by atoms with van der Waals surface area (Å²) in [4.78, 5) is 14.9. The van der Waals surface area contributed by atoms with Crippen LogP contribution in [-0.2, 0) is 11.2 Å². The average molecular weight is 297 g/mol. The van der Waals surface area contributed by atoms with Gasteiger partial charge in [-0.2, -0.15) is 0 Å². The van der Waals surface area contributed by atoms with Crippen molar-refractivity contribution in [1.29, 1.82) is 0 Å².